The van der Waals surface area contributed by atoms with Crippen LogP contribution in [0.25, 0.3) is 0 Å². The number of fused-ring (bicyclic) bond motifs is 1. The molecule has 126 valence electrons. The topological polar surface area (TPSA) is 54.9 Å². The lowest BCUT2D eigenvalue weighted by atomic mass is 10.1. The molecule has 0 radical (unpaired) electrons. The summed E-state index contributed by atoms with van der Waals surface area (Å²) in [7, 11) is 0. The lowest BCUT2D eigenvalue weighted by Gasteiger charge is -2.37. The highest BCUT2D eigenvalue weighted by atomic mass is 79.9. The van der Waals surface area contributed by atoms with E-state index in [1.54, 1.807) is 11.1 Å². The zero-order valence-electron chi connectivity index (χ0n) is 13.7. The Balaban J connectivity index is 1.72. The van der Waals surface area contributed by atoms with E-state index in [-0.39, 0.29) is 18.2 Å². The molecule has 1 aromatic rings. The molecule has 1 aromatic heterocycles. The van der Waals surface area contributed by atoms with Gasteiger partial charge in [0.1, 0.15) is 11.4 Å². The summed E-state index contributed by atoms with van der Waals surface area (Å²) in [6, 6.07) is 4.08. The number of rotatable bonds is 1. The maximum Gasteiger partial charge on any atom is 0.410 e. The third kappa shape index (κ3) is 3.77. The molecule has 23 heavy (non-hydrogen) atoms. The Hall–Kier alpha value is -1.34. The van der Waals surface area contributed by atoms with Crippen molar-refractivity contribution in [3.8, 4) is 0 Å². The molecule has 2 aliphatic heterocycles. The predicted octanol–water partition coefficient (Wildman–Crippen LogP) is 2.67. The van der Waals surface area contributed by atoms with Gasteiger partial charge >= 0.3 is 6.09 Å². The van der Waals surface area contributed by atoms with Gasteiger partial charge in [-0.1, -0.05) is 0 Å². The van der Waals surface area contributed by atoms with Gasteiger partial charge < -0.3 is 19.3 Å². The van der Waals surface area contributed by atoms with E-state index in [2.05, 4.69) is 25.8 Å². The van der Waals surface area contributed by atoms with E-state index >= 15 is 0 Å². The fourth-order valence-electron chi connectivity index (χ4n) is 2.99. The third-order valence-corrected chi connectivity index (χ3v) is 4.43. The summed E-state index contributed by atoms with van der Waals surface area (Å²) in [5, 5.41) is 0. The van der Waals surface area contributed by atoms with Crippen molar-refractivity contribution in [1.82, 2.24) is 9.88 Å². The quantitative estimate of drug-likeness (QED) is 0.745. The first-order valence-corrected chi connectivity index (χ1v) is 8.60. The zero-order valence-corrected chi connectivity index (χ0v) is 15.2. The maximum absolute atomic E-state index is 12.3. The van der Waals surface area contributed by atoms with E-state index < -0.39 is 5.60 Å². The number of pyridine rings is 1. The van der Waals surface area contributed by atoms with Gasteiger partial charge in [0.15, 0.2) is 0 Å². The van der Waals surface area contributed by atoms with Crippen LogP contribution < -0.4 is 4.90 Å². The Morgan fingerprint density at radius 1 is 1.39 bits per heavy atom. The second-order valence-corrected chi connectivity index (χ2v) is 7.81. The molecular formula is C16H22BrN3O3. The number of morpholine rings is 1. The van der Waals surface area contributed by atoms with Crippen LogP contribution in [0.4, 0.5) is 10.6 Å². The number of halogens is 1. The van der Waals surface area contributed by atoms with Gasteiger partial charge in [0.05, 0.1) is 25.3 Å². The van der Waals surface area contributed by atoms with Crippen molar-refractivity contribution in [1.29, 1.82) is 0 Å². The van der Waals surface area contributed by atoms with E-state index in [1.165, 1.54) is 0 Å². The summed E-state index contributed by atoms with van der Waals surface area (Å²) in [6.45, 7) is 8.21. The van der Waals surface area contributed by atoms with Gasteiger partial charge in [-0.25, -0.2) is 9.78 Å². The third-order valence-electron chi connectivity index (χ3n) is 3.96. The van der Waals surface area contributed by atoms with Crippen molar-refractivity contribution >= 4 is 27.8 Å². The van der Waals surface area contributed by atoms with Gasteiger partial charge in [0.2, 0.25) is 0 Å². The van der Waals surface area contributed by atoms with Crippen molar-refractivity contribution in [2.75, 3.05) is 31.1 Å². The van der Waals surface area contributed by atoms with Crippen LogP contribution in [0.3, 0.4) is 0 Å². The molecule has 1 amide bonds. The molecule has 6 nitrogen and oxygen atoms in total. The summed E-state index contributed by atoms with van der Waals surface area (Å²) in [5.74, 6) is 0.914. The summed E-state index contributed by atoms with van der Waals surface area (Å²) >= 11 is 3.41. The first kappa shape index (κ1) is 16.5. The van der Waals surface area contributed by atoms with Crippen LogP contribution in [0, 0.1) is 0 Å². The van der Waals surface area contributed by atoms with Crippen LogP contribution in [-0.4, -0.2) is 60.0 Å². The normalized spacial score (nSPS) is 24.5. The minimum Gasteiger partial charge on any atom is -0.444 e. The number of anilines is 1. The standard InChI is InChI=1S/C16H22BrN3O3/c1-16(2,3)23-15(21)19-9-12-13(10-19)22-7-6-20(12)14-5-4-11(17)8-18-14/h4-5,8,12-13H,6-7,9-10H2,1-3H3. The van der Waals surface area contributed by atoms with Crippen molar-refractivity contribution < 1.29 is 14.3 Å². The number of carbonyl (C=O) groups is 1. The highest BCUT2D eigenvalue weighted by Gasteiger charge is 2.43. The van der Waals surface area contributed by atoms with Crippen LogP contribution in [0.15, 0.2) is 22.8 Å². The molecular weight excluding hydrogens is 362 g/mol. The molecule has 0 saturated carbocycles. The highest BCUT2D eigenvalue weighted by Crippen LogP contribution is 2.28. The number of likely N-dealkylation sites (tertiary alicyclic amines) is 1. The Bertz CT molecular complexity index is 573. The summed E-state index contributed by atoms with van der Waals surface area (Å²) < 4.78 is 12.3. The molecule has 3 rings (SSSR count). The largest absolute Gasteiger partial charge is 0.444 e. The Morgan fingerprint density at radius 3 is 2.83 bits per heavy atom. The van der Waals surface area contributed by atoms with Crippen LogP contribution in [0.1, 0.15) is 20.8 Å². The Kier molecular flexibility index (Phi) is 4.51. The van der Waals surface area contributed by atoms with Crippen LogP contribution >= 0.6 is 15.9 Å². The number of nitrogens with zero attached hydrogens (tertiary/aromatic N) is 3. The molecule has 2 unspecified atom stereocenters. The molecule has 0 bridgehead atoms. The van der Waals surface area contributed by atoms with Gasteiger partial charge in [-0.3, -0.25) is 0 Å². The minimum absolute atomic E-state index is 0.00159. The molecule has 0 aromatic carbocycles. The minimum atomic E-state index is -0.487. The Labute approximate surface area is 144 Å². The van der Waals surface area contributed by atoms with Gasteiger partial charge in [-0.15, -0.1) is 0 Å². The number of hydrogen-bond donors (Lipinski definition) is 0. The van der Waals surface area contributed by atoms with Gasteiger partial charge in [-0.2, -0.15) is 0 Å². The summed E-state index contributed by atoms with van der Waals surface area (Å²) in [5.41, 5.74) is -0.487. The second kappa shape index (κ2) is 6.28. The summed E-state index contributed by atoms with van der Waals surface area (Å²) in [4.78, 5) is 20.7. The fourth-order valence-corrected chi connectivity index (χ4v) is 3.22. The number of amides is 1. The summed E-state index contributed by atoms with van der Waals surface area (Å²) in [6.07, 6.45) is 1.52. The zero-order chi connectivity index (χ0) is 16.6. The number of hydrogen-bond acceptors (Lipinski definition) is 5. The van der Waals surface area contributed by atoms with E-state index in [9.17, 15) is 4.79 Å². The van der Waals surface area contributed by atoms with Gasteiger partial charge in [0, 0.05) is 23.8 Å². The lowest BCUT2D eigenvalue weighted by Crippen LogP contribution is -2.51. The van der Waals surface area contributed by atoms with E-state index in [4.69, 9.17) is 9.47 Å². The molecule has 3 heterocycles. The number of ether oxygens (including phenoxy) is 2. The molecule has 2 atom stereocenters. The van der Waals surface area contributed by atoms with Gasteiger partial charge in [0.25, 0.3) is 0 Å². The molecule has 0 aliphatic carbocycles. The second-order valence-electron chi connectivity index (χ2n) is 6.89. The number of carbonyl (C=O) groups excluding carboxylic acids is 1. The van der Waals surface area contributed by atoms with E-state index in [0.717, 1.165) is 16.8 Å². The average Bonchev–Trinajstić information content (AvgIpc) is 2.90. The smallest absolute Gasteiger partial charge is 0.410 e. The first-order chi connectivity index (χ1) is 10.8. The van der Waals surface area contributed by atoms with Crippen molar-refractivity contribution in [2.24, 2.45) is 0 Å². The predicted molar refractivity (Wildman–Crippen MR) is 90.6 cm³/mol. The highest BCUT2D eigenvalue weighted by molar-refractivity contribution is 9.10. The van der Waals surface area contributed by atoms with E-state index in [1.807, 2.05) is 32.9 Å². The molecule has 0 spiro atoms. The lowest BCUT2D eigenvalue weighted by molar-refractivity contribution is 0.0162. The van der Waals surface area contributed by atoms with Crippen molar-refractivity contribution in [3.63, 3.8) is 0 Å². The Morgan fingerprint density at radius 2 is 2.17 bits per heavy atom. The fraction of sp³-hybridized carbons (Fsp3) is 0.625. The molecule has 7 heteroatoms. The molecule has 2 fully saturated rings. The van der Waals surface area contributed by atoms with Crippen LogP contribution in [0.5, 0.6) is 0 Å². The number of aromatic nitrogens is 1. The monoisotopic (exact) mass is 383 g/mol. The maximum atomic E-state index is 12.3. The van der Waals surface area contributed by atoms with E-state index in [0.29, 0.717) is 19.7 Å². The SMILES string of the molecule is CC(C)(C)OC(=O)N1CC2OCCN(c3ccc(Br)cn3)C2C1. The molecule has 0 N–H and O–H groups in total. The van der Waals surface area contributed by atoms with Crippen LogP contribution in [0.2, 0.25) is 0 Å². The van der Waals surface area contributed by atoms with Crippen LogP contribution in [-0.2, 0) is 9.47 Å². The van der Waals surface area contributed by atoms with Crippen molar-refractivity contribution in [2.45, 2.75) is 38.5 Å². The molecule has 2 aliphatic rings. The molecule has 2 saturated heterocycles. The van der Waals surface area contributed by atoms with Gasteiger partial charge in [-0.05, 0) is 48.8 Å². The first-order valence-electron chi connectivity index (χ1n) is 7.81. The average molecular weight is 384 g/mol. The van der Waals surface area contributed by atoms with Crippen molar-refractivity contribution in [3.05, 3.63) is 22.8 Å².